The van der Waals surface area contributed by atoms with Crippen LogP contribution in [-0.4, -0.2) is 6.03 Å². The minimum Gasteiger partial charge on any atom is -0.315 e. The van der Waals surface area contributed by atoms with E-state index in [0.717, 1.165) is 16.5 Å². The third-order valence-corrected chi connectivity index (χ3v) is 2.27. The summed E-state index contributed by atoms with van der Waals surface area (Å²) in [5.41, 5.74) is 0.789. The van der Waals surface area contributed by atoms with Crippen LogP contribution < -0.4 is 10.6 Å². The van der Waals surface area contributed by atoms with Crippen LogP contribution in [0, 0.1) is 0 Å². The van der Waals surface area contributed by atoms with E-state index in [2.05, 4.69) is 17.2 Å². The zero-order valence-electron chi connectivity index (χ0n) is 8.73. The van der Waals surface area contributed by atoms with Crippen molar-refractivity contribution in [1.29, 1.82) is 0 Å². The first-order chi connectivity index (χ1) is 7.81. The SMILES string of the molecule is C=CNC(=O)Nc1cccc2ccccc12. The number of carbonyl (C=O) groups is 1. The molecule has 2 N–H and O–H groups in total. The molecular weight excluding hydrogens is 200 g/mol. The Morgan fingerprint density at radius 1 is 1.12 bits per heavy atom. The van der Waals surface area contributed by atoms with E-state index in [0.29, 0.717) is 0 Å². The molecule has 0 unspecified atom stereocenters. The first-order valence-electron chi connectivity index (χ1n) is 4.97. The molecule has 2 aromatic carbocycles. The van der Waals surface area contributed by atoms with Crippen LogP contribution in [0.4, 0.5) is 10.5 Å². The Hall–Kier alpha value is -2.29. The molecule has 0 saturated heterocycles. The van der Waals surface area contributed by atoms with E-state index in [4.69, 9.17) is 0 Å². The minimum absolute atomic E-state index is 0.286. The van der Waals surface area contributed by atoms with Crippen molar-refractivity contribution >= 4 is 22.5 Å². The van der Waals surface area contributed by atoms with Crippen LogP contribution in [0.3, 0.4) is 0 Å². The molecule has 0 radical (unpaired) electrons. The Morgan fingerprint density at radius 2 is 1.88 bits per heavy atom. The van der Waals surface area contributed by atoms with Gasteiger partial charge in [-0.15, -0.1) is 0 Å². The smallest absolute Gasteiger partial charge is 0.315 e. The largest absolute Gasteiger partial charge is 0.323 e. The lowest BCUT2D eigenvalue weighted by molar-refractivity contribution is 0.255. The molecule has 0 aliphatic rings. The number of fused-ring (bicyclic) bond motifs is 1. The number of anilines is 1. The van der Waals surface area contributed by atoms with Crippen LogP contribution in [-0.2, 0) is 0 Å². The van der Waals surface area contributed by atoms with Gasteiger partial charge in [-0.1, -0.05) is 43.0 Å². The number of rotatable bonds is 2. The molecule has 0 heterocycles. The van der Waals surface area contributed by atoms with Crippen molar-refractivity contribution < 1.29 is 4.79 Å². The van der Waals surface area contributed by atoms with Crippen LogP contribution in [0.15, 0.2) is 55.2 Å². The van der Waals surface area contributed by atoms with Crippen LogP contribution in [0.1, 0.15) is 0 Å². The zero-order valence-corrected chi connectivity index (χ0v) is 8.73. The Bertz CT molecular complexity index is 529. The van der Waals surface area contributed by atoms with Gasteiger partial charge in [0.2, 0.25) is 0 Å². The van der Waals surface area contributed by atoms with Gasteiger partial charge in [0, 0.05) is 5.39 Å². The zero-order chi connectivity index (χ0) is 11.4. The minimum atomic E-state index is -0.286. The summed E-state index contributed by atoms with van der Waals surface area (Å²) >= 11 is 0. The molecule has 0 fully saturated rings. The highest BCUT2D eigenvalue weighted by Gasteiger charge is 2.02. The fourth-order valence-corrected chi connectivity index (χ4v) is 1.59. The van der Waals surface area contributed by atoms with Gasteiger partial charge in [0.05, 0.1) is 5.69 Å². The lowest BCUT2D eigenvalue weighted by Gasteiger charge is -2.07. The molecule has 2 amide bonds. The summed E-state index contributed by atoms with van der Waals surface area (Å²) in [6.07, 6.45) is 1.35. The second-order valence-corrected chi connectivity index (χ2v) is 3.33. The van der Waals surface area contributed by atoms with Crippen molar-refractivity contribution in [3.63, 3.8) is 0 Å². The molecule has 0 aliphatic heterocycles. The quantitative estimate of drug-likeness (QED) is 0.789. The standard InChI is InChI=1S/C13H12N2O/c1-2-14-13(16)15-12-9-5-7-10-6-3-4-8-11(10)12/h2-9H,1H2,(H2,14,15,16). The summed E-state index contributed by atoms with van der Waals surface area (Å²) in [7, 11) is 0. The van der Waals surface area contributed by atoms with Crippen molar-refractivity contribution in [1.82, 2.24) is 5.32 Å². The Labute approximate surface area is 93.8 Å². The molecule has 0 bridgehead atoms. The normalized spacial score (nSPS) is 9.75. The molecule has 0 atom stereocenters. The number of amides is 2. The molecule has 80 valence electrons. The van der Waals surface area contributed by atoms with E-state index in [1.807, 2.05) is 42.5 Å². The van der Waals surface area contributed by atoms with Crippen LogP contribution in [0.2, 0.25) is 0 Å². The molecule has 2 rings (SSSR count). The Kier molecular flexibility index (Phi) is 2.87. The maximum absolute atomic E-state index is 11.4. The number of hydrogen-bond acceptors (Lipinski definition) is 1. The average Bonchev–Trinajstić information content (AvgIpc) is 2.30. The number of urea groups is 1. The number of hydrogen-bond donors (Lipinski definition) is 2. The van der Waals surface area contributed by atoms with E-state index in [9.17, 15) is 4.79 Å². The predicted molar refractivity (Wildman–Crippen MR) is 66.3 cm³/mol. The van der Waals surface area contributed by atoms with Crippen molar-refractivity contribution in [2.24, 2.45) is 0 Å². The topological polar surface area (TPSA) is 41.1 Å². The first-order valence-corrected chi connectivity index (χ1v) is 4.97. The molecule has 16 heavy (non-hydrogen) atoms. The fourth-order valence-electron chi connectivity index (χ4n) is 1.59. The third kappa shape index (κ3) is 2.03. The van der Waals surface area contributed by atoms with Gasteiger partial charge in [-0.05, 0) is 17.7 Å². The first kappa shape index (κ1) is 10.2. The van der Waals surface area contributed by atoms with Crippen LogP contribution >= 0.6 is 0 Å². The lowest BCUT2D eigenvalue weighted by Crippen LogP contribution is -2.23. The highest BCUT2D eigenvalue weighted by Crippen LogP contribution is 2.22. The van der Waals surface area contributed by atoms with Gasteiger partial charge in [0.15, 0.2) is 0 Å². The van der Waals surface area contributed by atoms with E-state index in [1.54, 1.807) is 0 Å². The summed E-state index contributed by atoms with van der Waals surface area (Å²) in [5.74, 6) is 0. The van der Waals surface area contributed by atoms with Crippen LogP contribution in [0.25, 0.3) is 10.8 Å². The van der Waals surface area contributed by atoms with E-state index in [-0.39, 0.29) is 6.03 Å². The number of carbonyl (C=O) groups excluding carboxylic acids is 1. The fraction of sp³-hybridized carbons (Fsp3) is 0. The predicted octanol–water partition coefficient (Wildman–Crippen LogP) is 3.10. The number of nitrogens with one attached hydrogen (secondary N) is 2. The van der Waals surface area contributed by atoms with Gasteiger partial charge >= 0.3 is 6.03 Å². The molecule has 3 nitrogen and oxygen atoms in total. The highest BCUT2D eigenvalue weighted by atomic mass is 16.2. The summed E-state index contributed by atoms with van der Waals surface area (Å²) in [5, 5.41) is 7.35. The summed E-state index contributed by atoms with van der Waals surface area (Å²) < 4.78 is 0. The molecule has 2 aromatic rings. The van der Waals surface area contributed by atoms with E-state index < -0.39 is 0 Å². The molecular formula is C13H12N2O. The molecule has 0 saturated carbocycles. The Balaban J connectivity index is 2.37. The second-order valence-electron chi connectivity index (χ2n) is 3.33. The van der Waals surface area contributed by atoms with E-state index >= 15 is 0 Å². The third-order valence-electron chi connectivity index (χ3n) is 2.27. The van der Waals surface area contributed by atoms with Crippen molar-refractivity contribution in [3.05, 3.63) is 55.2 Å². The summed E-state index contributed by atoms with van der Waals surface area (Å²) in [6.45, 7) is 3.43. The van der Waals surface area contributed by atoms with Crippen LogP contribution in [0.5, 0.6) is 0 Å². The van der Waals surface area contributed by atoms with Crippen molar-refractivity contribution in [2.45, 2.75) is 0 Å². The summed E-state index contributed by atoms with van der Waals surface area (Å²) in [6, 6.07) is 13.4. The van der Waals surface area contributed by atoms with Crippen molar-refractivity contribution in [3.8, 4) is 0 Å². The van der Waals surface area contributed by atoms with Gasteiger partial charge < -0.3 is 10.6 Å². The van der Waals surface area contributed by atoms with Gasteiger partial charge in [-0.3, -0.25) is 0 Å². The molecule has 0 spiro atoms. The maximum Gasteiger partial charge on any atom is 0.323 e. The maximum atomic E-state index is 11.4. The van der Waals surface area contributed by atoms with Gasteiger partial charge in [0.25, 0.3) is 0 Å². The monoisotopic (exact) mass is 212 g/mol. The second kappa shape index (κ2) is 4.49. The lowest BCUT2D eigenvalue weighted by atomic mass is 10.1. The van der Waals surface area contributed by atoms with Gasteiger partial charge in [-0.2, -0.15) is 0 Å². The average molecular weight is 212 g/mol. The van der Waals surface area contributed by atoms with E-state index in [1.165, 1.54) is 6.20 Å². The molecule has 0 aromatic heterocycles. The highest BCUT2D eigenvalue weighted by molar-refractivity contribution is 6.01. The molecule has 0 aliphatic carbocycles. The van der Waals surface area contributed by atoms with Gasteiger partial charge in [0.1, 0.15) is 0 Å². The number of benzene rings is 2. The molecule has 3 heteroatoms. The summed E-state index contributed by atoms with van der Waals surface area (Å²) in [4.78, 5) is 11.4. The van der Waals surface area contributed by atoms with Crippen molar-refractivity contribution in [2.75, 3.05) is 5.32 Å². The Morgan fingerprint density at radius 3 is 2.69 bits per heavy atom. The van der Waals surface area contributed by atoms with Gasteiger partial charge in [-0.25, -0.2) is 4.79 Å².